The number of benzene rings is 1. The average Bonchev–Trinajstić information content (AvgIpc) is 2.22. The number of carboxylic acids is 1. The summed E-state index contributed by atoms with van der Waals surface area (Å²) in [7, 11) is 1.56. The second-order valence-electron chi connectivity index (χ2n) is 3.41. The molecular weight excluding hydrogens is 220 g/mol. The number of aliphatic carboxylic acids is 1. The minimum Gasteiger partial charge on any atom is -0.504 e. The van der Waals surface area contributed by atoms with Crippen molar-refractivity contribution in [3.05, 3.63) is 35.9 Å². The van der Waals surface area contributed by atoms with E-state index >= 15 is 0 Å². The number of carboxylic acid groups (broad SMARTS) is 1. The van der Waals surface area contributed by atoms with E-state index < -0.39 is 5.97 Å². The number of rotatable bonds is 3. The first kappa shape index (κ1) is 15.0. The first-order valence-corrected chi connectivity index (χ1v) is 5.09. The van der Waals surface area contributed by atoms with Crippen molar-refractivity contribution in [1.29, 1.82) is 0 Å². The van der Waals surface area contributed by atoms with E-state index in [0.717, 1.165) is 24.5 Å². The van der Waals surface area contributed by atoms with Crippen LogP contribution in [0.4, 0.5) is 0 Å². The van der Waals surface area contributed by atoms with Crippen molar-refractivity contribution in [2.45, 2.75) is 20.3 Å². The van der Waals surface area contributed by atoms with E-state index in [1.807, 2.05) is 19.1 Å². The molecule has 1 rings (SSSR count). The lowest BCUT2D eigenvalue weighted by Gasteiger charge is -2.10. The van der Waals surface area contributed by atoms with Crippen molar-refractivity contribution in [3.63, 3.8) is 0 Å². The third kappa shape index (κ3) is 5.06. The molecule has 0 bridgehead atoms. The number of carbonyl (C=O) groups is 1. The maximum atomic E-state index is 9.43. The number of ether oxygens (including phenoxy) is 1. The zero-order chi connectivity index (χ0) is 13.4. The predicted octanol–water partition coefficient (Wildman–Crippen LogP) is 2.53. The summed E-state index contributed by atoms with van der Waals surface area (Å²) >= 11 is 0. The quantitative estimate of drug-likeness (QED) is 0.794. The summed E-state index contributed by atoms with van der Waals surface area (Å²) in [5.74, 6) is -0.0906. The molecule has 0 aliphatic rings. The molecular formula is C13H18O4. The molecule has 0 unspecified atom stereocenters. The van der Waals surface area contributed by atoms with Gasteiger partial charge in [-0.2, -0.15) is 0 Å². The van der Waals surface area contributed by atoms with Crippen LogP contribution in [-0.4, -0.2) is 23.3 Å². The molecule has 17 heavy (non-hydrogen) atoms. The van der Waals surface area contributed by atoms with Crippen LogP contribution < -0.4 is 4.74 Å². The first-order chi connectivity index (χ1) is 7.93. The molecule has 0 aromatic heterocycles. The van der Waals surface area contributed by atoms with Crippen LogP contribution in [-0.2, 0) is 11.2 Å². The molecule has 1 aromatic rings. The van der Waals surface area contributed by atoms with Gasteiger partial charge < -0.3 is 14.9 Å². The van der Waals surface area contributed by atoms with E-state index in [9.17, 15) is 5.11 Å². The molecule has 0 radical (unpaired) electrons. The van der Waals surface area contributed by atoms with E-state index in [4.69, 9.17) is 14.6 Å². The van der Waals surface area contributed by atoms with Crippen molar-refractivity contribution in [2.24, 2.45) is 0 Å². The molecule has 0 fully saturated rings. The maximum absolute atomic E-state index is 9.43. The van der Waals surface area contributed by atoms with E-state index in [1.54, 1.807) is 13.2 Å². The lowest BCUT2D eigenvalue weighted by Crippen LogP contribution is -1.93. The number of phenolic OH excluding ortho intramolecular Hbond substituents is 1. The Balaban J connectivity index is 0.000000557. The van der Waals surface area contributed by atoms with Gasteiger partial charge in [-0.1, -0.05) is 12.1 Å². The van der Waals surface area contributed by atoms with Gasteiger partial charge >= 0.3 is 0 Å². The molecule has 0 aliphatic carbocycles. The monoisotopic (exact) mass is 238 g/mol. The molecule has 94 valence electrons. The van der Waals surface area contributed by atoms with Gasteiger partial charge in [-0.25, -0.2) is 0 Å². The fraction of sp³-hybridized carbons (Fsp3) is 0.308. The third-order valence-corrected chi connectivity index (χ3v) is 2.07. The number of aromatic hydroxyl groups is 1. The van der Waals surface area contributed by atoms with E-state index in [2.05, 4.69) is 6.58 Å². The summed E-state index contributed by atoms with van der Waals surface area (Å²) < 4.78 is 5.08. The summed E-state index contributed by atoms with van der Waals surface area (Å²) in [6, 6.07) is 3.53. The van der Waals surface area contributed by atoms with Crippen LogP contribution in [0.5, 0.6) is 11.5 Å². The van der Waals surface area contributed by atoms with Crippen molar-refractivity contribution < 1.29 is 19.7 Å². The van der Waals surface area contributed by atoms with Gasteiger partial charge in [-0.3, -0.25) is 4.79 Å². The highest BCUT2D eigenvalue weighted by Crippen LogP contribution is 2.31. The topological polar surface area (TPSA) is 66.8 Å². The summed E-state index contributed by atoms with van der Waals surface area (Å²) in [4.78, 5) is 9.00. The van der Waals surface area contributed by atoms with Crippen molar-refractivity contribution in [3.8, 4) is 11.5 Å². The third-order valence-electron chi connectivity index (χ3n) is 2.07. The smallest absolute Gasteiger partial charge is 0.300 e. The van der Waals surface area contributed by atoms with E-state index in [1.165, 1.54) is 0 Å². The number of hydrogen-bond acceptors (Lipinski definition) is 3. The number of phenols is 1. The highest BCUT2D eigenvalue weighted by atomic mass is 16.5. The largest absolute Gasteiger partial charge is 0.504 e. The molecule has 4 heteroatoms. The van der Waals surface area contributed by atoms with Gasteiger partial charge in [-0.05, 0) is 30.5 Å². The minimum absolute atomic E-state index is 0.188. The molecule has 0 heterocycles. The van der Waals surface area contributed by atoms with Gasteiger partial charge in [0.15, 0.2) is 11.5 Å². The van der Waals surface area contributed by atoms with E-state index in [-0.39, 0.29) is 5.75 Å². The highest BCUT2D eigenvalue weighted by Gasteiger charge is 2.07. The predicted molar refractivity (Wildman–Crippen MR) is 66.6 cm³/mol. The van der Waals surface area contributed by atoms with E-state index in [0.29, 0.717) is 5.75 Å². The second kappa shape index (κ2) is 7.33. The summed E-state index contributed by atoms with van der Waals surface area (Å²) in [6.45, 7) is 6.68. The van der Waals surface area contributed by atoms with Crippen LogP contribution >= 0.6 is 0 Å². The fourth-order valence-corrected chi connectivity index (χ4v) is 1.35. The van der Waals surface area contributed by atoms with Crippen molar-refractivity contribution >= 4 is 5.97 Å². The van der Waals surface area contributed by atoms with Gasteiger partial charge in [0, 0.05) is 6.92 Å². The summed E-state index contributed by atoms with van der Waals surface area (Å²) in [6.07, 6.45) is 2.63. The molecule has 0 atom stereocenters. The molecule has 0 saturated heterocycles. The first-order valence-electron chi connectivity index (χ1n) is 5.09. The zero-order valence-corrected chi connectivity index (χ0v) is 10.4. The normalized spacial score (nSPS) is 8.88. The van der Waals surface area contributed by atoms with Crippen LogP contribution in [0.3, 0.4) is 0 Å². The number of hydrogen-bond donors (Lipinski definition) is 2. The Morgan fingerprint density at radius 1 is 1.53 bits per heavy atom. The standard InChI is InChI=1S/C11H14O2.C2H4O2/c1-4-5-9-6-7-10(12)11(13-3)8(9)2;1-2(3)4/h4,6-7,12H,1,5H2,2-3H3;1H3,(H,3,4). The maximum Gasteiger partial charge on any atom is 0.300 e. The highest BCUT2D eigenvalue weighted by molar-refractivity contribution is 5.62. The molecule has 0 aliphatic heterocycles. The molecule has 0 spiro atoms. The van der Waals surface area contributed by atoms with Crippen LogP contribution in [0, 0.1) is 6.92 Å². The fourth-order valence-electron chi connectivity index (χ4n) is 1.35. The van der Waals surface area contributed by atoms with Crippen LogP contribution in [0.1, 0.15) is 18.1 Å². The second-order valence-corrected chi connectivity index (χ2v) is 3.41. The Labute approximate surface area is 101 Å². The van der Waals surface area contributed by atoms with Crippen molar-refractivity contribution in [2.75, 3.05) is 7.11 Å². The van der Waals surface area contributed by atoms with Crippen LogP contribution in [0.15, 0.2) is 24.8 Å². The average molecular weight is 238 g/mol. The van der Waals surface area contributed by atoms with Crippen molar-refractivity contribution in [1.82, 2.24) is 0 Å². The van der Waals surface area contributed by atoms with Gasteiger partial charge in [0.25, 0.3) is 5.97 Å². The molecule has 0 saturated carbocycles. The van der Waals surface area contributed by atoms with Crippen LogP contribution in [0.2, 0.25) is 0 Å². The molecule has 1 aromatic carbocycles. The number of allylic oxidation sites excluding steroid dienone is 1. The summed E-state index contributed by atoms with van der Waals surface area (Å²) in [5.41, 5.74) is 2.10. The Morgan fingerprint density at radius 3 is 2.47 bits per heavy atom. The lowest BCUT2D eigenvalue weighted by atomic mass is 10.0. The van der Waals surface area contributed by atoms with Crippen LogP contribution in [0.25, 0.3) is 0 Å². The Kier molecular flexibility index (Phi) is 6.48. The molecule has 0 amide bonds. The van der Waals surface area contributed by atoms with Gasteiger partial charge in [0.1, 0.15) is 0 Å². The Bertz CT molecular complexity index is 393. The zero-order valence-electron chi connectivity index (χ0n) is 10.4. The number of methoxy groups -OCH3 is 1. The SMILES string of the molecule is C=CCc1ccc(O)c(OC)c1C.CC(=O)O. The van der Waals surface area contributed by atoms with Gasteiger partial charge in [0.2, 0.25) is 0 Å². The minimum atomic E-state index is -0.833. The Hall–Kier alpha value is -1.97. The van der Waals surface area contributed by atoms with Gasteiger partial charge in [-0.15, -0.1) is 6.58 Å². The lowest BCUT2D eigenvalue weighted by molar-refractivity contribution is -0.134. The Morgan fingerprint density at radius 2 is 2.06 bits per heavy atom. The summed E-state index contributed by atoms with van der Waals surface area (Å²) in [5, 5.41) is 16.8. The molecule has 4 nitrogen and oxygen atoms in total. The molecule has 2 N–H and O–H groups in total. The van der Waals surface area contributed by atoms with Gasteiger partial charge in [0.05, 0.1) is 7.11 Å².